The Balaban J connectivity index is 4.16. The van der Waals surface area contributed by atoms with E-state index in [1.807, 2.05) is 21.1 Å². The number of quaternary nitrogens is 1. The molecular formula is C72H115NO8P+. The van der Waals surface area contributed by atoms with Crippen molar-refractivity contribution in [2.24, 2.45) is 0 Å². The van der Waals surface area contributed by atoms with E-state index in [4.69, 9.17) is 18.5 Å². The van der Waals surface area contributed by atoms with Crippen molar-refractivity contribution in [2.75, 3.05) is 47.5 Å². The summed E-state index contributed by atoms with van der Waals surface area (Å²) in [6.07, 6.45) is 94.2. The summed E-state index contributed by atoms with van der Waals surface area (Å²) in [5.41, 5.74) is 0. The molecule has 9 nitrogen and oxygen atoms in total. The van der Waals surface area contributed by atoms with Crippen LogP contribution in [0.4, 0.5) is 0 Å². The Kier molecular flexibility index (Phi) is 57.1. The Hall–Kier alpha value is -4.89. The van der Waals surface area contributed by atoms with Gasteiger partial charge < -0.3 is 18.9 Å². The van der Waals surface area contributed by atoms with Gasteiger partial charge in [0.25, 0.3) is 0 Å². The van der Waals surface area contributed by atoms with Crippen LogP contribution < -0.4 is 0 Å². The number of carbonyl (C=O) groups excluding carboxylic acids is 2. The van der Waals surface area contributed by atoms with Gasteiger partial charge in [0.2, 0.25) is 0 Å². The van der Waals surface area contributed by atoms with Gasteiger partial charge in [0.05, 0.1) is 27.7 Å². The fourth-order valence-corrected chi connectivity index (χ4v) is 8.41. The highest BCUT2D eigenvalue weighted by Crippen LogP contribution is 2.43. The van der Waals surface area contributed by atoms with Crippen molar-refractivity contribution in [3.63, 3.8) is 0 Å². The second-order valence-electron chi connectivity index (χ2n) is 21.3. The van der Waals surface area contributed by atoms with E-state index >= 15 is 0 Å². The summed E-state index contributed by atoms with van der Waals surface area (Å²) in [5, 5.41) is 0. The summed E-state index contributed by atoms with van der Waals surface area (Å²) in [6.45, 7) is 4.10. The smallest absolute Gasteiger partial charge is 0.462 e. The minimum Gasteiger partial charge on any atom is -0.462 e. The minimum absolute atomic E-state index is 0.0123. The molecule has 0 aliphatic rings. The molecule has 2 atom stereocenters. The topological polar surface area (TPSA) is 108 Å². The van der Waals surface area contributed by atoms with Gasteiger partial charge in [0.15, 0.2) is 6.10 Å². The molecule has 0 aromatic heterocycles. The summed E-state index contributed by atoms with van der Waals surface area (Å²) in [5.74, 6) is -0.885. The third-order valence-electron chi connectivity index (χ3n) is 12.4. The second kappa shape index (κ2) is 60.7. The van der Waals surface area contributed by atoms with E-state index in [1.54, 1.807) is 0 Å². The van der Waals surface area contributed by atoms with Crippen molar-refractivity contribution in [3.8, 4) is 0 Å². The number of phosphoric acid groups is 1. The van der Waals surface area contributed by atoms with Gasteiger partial charge in [0.1, 0.15) is 19.8 Å². The van der Waals surface area contributed by atoms with E-state index in [0.717, 1.165) is 128 Å². The zero-order valence-corrected chi connectivity index (χ0v) is 53.0. The van der Waals surface area contributed by atoms with Crippen LogP contribution in [-0.2, 0) is 32.7 Å². The van der Waals surface area contributed by atoms with Gasteiger partial charge in [-0.3, -0.25) is 18.6 Å². The number of hydrogen-bond donors (Lipinski definition) is 1. The molecule has 0 radical (unpaired) electrons. The van der Waals surface area contributed by atoms with Crippen LogP contribution in [0.5, 0.6) is 0 Å². The first kappa shape index (κ1) is 77.1. The van der Waals surface area contributed by atoms with Gasteiger partial charge in [-0.15, -0.1) is 0 Å². The largest absolute Gasteiger partial charge is 0.472 e. The Bertz CT molecular complexity index is 2030. The van der Waals surface area contributed by atoms with E-state index in [2.05, 4.69) is 196 Å². The normalized spacial score (nSPS) is 14.5. The minimum atomic E-state index is -4.41. The molecule has 0 bridgehead atoms. The zero-order valence-electron chi connectivity index (χ0n) is 52.1. The molecule has 0 aliphatic carbocycles. The van der Waals surface area contributed by atoms with Crippen LogP contribution in [0.3, 0.4) is 0 Å². The van der Waals surface area contributed by atoms with Crippen molar-refractivity contribution in [3.05, 3.63) is 182 Å². The Morgan fingerprint density at radius 3 is 1.01 bits per heavy atom. The first-order chi connectivity index (χ1) is 40.0. The van der Waals surface area contributed by atoms with Crippen LogP contribution in [0.2, 0.25) is 0 Å². The lowest BCUT2D eigenvalue weighted by Gasteiger charge is -2.24. The highest BCUT2D eigenvalue weighted by molar-refractivity contribution is 7.47. The lowest BCUT2D eigenvalue weighted by molar-refractivity contribution is -0.870. The maximum Gasteiger partial charge on any atom is 0.472 e. The lowest BCUT2D eigenvalue weighted by atomic mass is 10.0. The number of carbonyl (C=O) groups is 2. The molecule has 0 amide bonds. The number of esters is 2. The third kappa shape index (κ3) is 64.3. The van der Waals surface area contributed by atoms with E-state index in [0.29, 0.717) is 23.9 Å². The monoisotopic (exact) mass is 1150 g/mol. The highest BCUT2D eigenvalue weighted by Gasteiger charge is 2.27. The molecule has 0 heterocycles. The molecule has 10 heteroatoms. The average Bonchev–Trinajstić information content (AvgIpc) is 3.45. The molecule has 0 spiro atoms. The number of rotatable bonds is 55. The number of allylic oxidation sites excluding steroid dienone is 30. The lowest BCUT2D eigenvalue weighted by Crippen LogP contribution is -2.37. The number of hydrogen-bond acceptors (Lipinski definition) is 7. The Labute approximate surface area is 501 Å². The maximum absolute atomic E-state index is 12.8. The molecule has 460 valence electrons. The van der Waals surface area contributed by atoms with Crippen LogP contribution in [0, 0.1) is 0 Å². The molecule has 0 aliphatic heterocycles. The summed E-state index contributed by atoms with van der Waals surface area (Å²) in [7, 11) is 1.42. The quantitative estimate of drug-likeness (QED) is 0.0211. The van der Waals surface area contributed by atoms with Crippen molar-refractivity contribution in [2.45, 2.75) is 213 Å². The number of unbranched alkanes of at least 4 members (excludes halogenated alkanes) is 11. The van der Waals surface area contributed by atoms with Crippen molar-refractivity contribution in [1.82, 2.24) is 0 Å². The summed E-state index contributed by atoms with van der Waals surface area (Å²) >= 11 is 0. The molecule has 1 N–H and O–H groups in total. The first-order valence-electron chi connectivity index (χ1n) is 31.5. The number of phosphoric ester groups is 1. The fraction of sp³-hybridized carbons (Fsp3) is 0.556. The third-order valence-corrected chi connectivity index (χ3v) is 13.4. The van der Waals surface area contributed by atoms with E-state index in [-0.39, 0.29) is 26.1 Å². The van der Waals surface area contributed by atoms with Crippen molar-refractivity contribution < 1.29 is 42.1 Å². The molecule has 82 heavy (non-hydrogen) atoms. The van der Waals surface area contributed by atoms with E-state index in [9.17, 15) is 19.0 Å². The van der Waals surface area contributed by atoms with E-state index in [1.165, 1.54) is 38.5 Å². The van der Waals surface area contributed by atoms with Crippen LogP contribution in [0.15, 0.2) is 182 Å². The standard InChI is InChI=1S/C72H114NO8P/c1-6-8-10-12-14-16-18-20-22-24-25-26-27-28-29-30-31-32-33-34-35-36-37-38-39-40-41-42-43-44-45-46-47-49-51-53-55-57-59-61-63-65-72(75)81-70(69-80-82(76,77)79-67-66-73(3,4)5)68-78-71(74)64-62-60-58-56-54-52-50-48-23-21-19-17-15-13-11-9-7-2/h8-11,14-17,20-23,25-26,28-29,31-32,34-35,37-38,40-41,43-44,50,52,56,58,70H,6-7,12-13,18-19,24,27,30,33,36,39,42,45-49,51,53-55,57,59-69H2,1-5H3/p+1/b10-8-,11-9-,16-14-,17-15-,22-20-,23-21-,26-25-,29-28-,32-31-,35-34-,38-37-,41-40-,44-43-,52-50-,58-56-. The number of likely N-dealkylation sites (N-methyl/N-ethyl adjacent to an activating group) is 1. The van der Waals surface area contributed by atoms with Crippen molar-refractivity contribution in [1.29, 1.82) is 0 Å². The highest BCUT2D eigenvalue weighted by atomic mass is 31.2. The number of ether oxygens (including phenoxy) is 2. The van der Waals surface area contributed by atoms with E-state index < -0.39 is 32.5 Å². The molecule has 0 aromatic rings. The summed E-state index contributed by atoms with van der Waals surface area (Å²) in [4.78, 5) is 35.7. The van der Waals surface area contributed by atoms with Crippen LogP contribution in [0.25, 0.3) is 0 Å². The van der Waals surface area contributed by atoms with Gasteiger partial charge in [0, 0.05) is 12.8 Å². The predicted molar refractivity (Wildman–Crippen MR) is 352 cm³/mol. The second-order valence-corrected chi connectivity index (χ2v) is 22.8. The molecule has 0 aromatic carbocycles. The first-order valence-corrected chi connectivity index (χ1v) is 33.0. The molecule has 0 fully saturated rings. The maximum atomic E-state index is 12.8. The molecule has 0 saturated carbocycles. The molecular weight excluding hydrogens is 1040 g/mol. The SMILES string of the molecule is CC/C=C\C/C=C\C/C=C\C/C=C\C/C=C\C/C=C\C/C=C\C/C=C\C/C=C\C/C=C\CCCCCCCCCCCCC(=O)OC(COC(=O)CCC/C=C\C/C=C\C/C=C\C/C=C\C/C=C\CC)COP(=O)(O)OCC[N+](C)(C)C. The van der Waals surface area contributed by atoms with Crippen LogP contribution >= 0.6 is 7.82 Å². The molecule has 0 saturated heterocycles. The van der Waals surface area contributed by atoms with Gasteiger partial charge in [-0.05, 0) is 128 Å². The van der Waals surface area contributed by atoms with Gasteiger partial charge in [-0.25, -0.2) is 4.57 Å². The zero-order chi connectivity index (χ0) is 59.8. The number of nitrogens with zero attached hydrogens (tertiary/aromatic N) is 1. The van der Waals surface area contributed by atoms with Gasteiger partial charge in [-0.2, -0.15) is 0 Å². The van der Waals surface area contributed by atoms with Crippen LogP contribution in [-0.4, -0.2) is 74.9 Å². The predicted octanol–water partition coefficient (Wildman–Crippen LogP) is 20.4. The average molecular weight is 1150 g/mol. The fourth-order valence-electron chi connectivity index (χ4n) is 7.67. The molecule has 0 rings (SSSR count). The van der Waals surface area contributed by atoms with Gasteiger partial charge in [-0.1, -0.05) is 247 Å². The van der Waals surface area contributed by atoms with Crippen molar-refractivity contribution >= 4 is 19.8 Å². The Morgan fingerprint density at radius 2 is 0.671 bits per heavy atom. The Morgan fingerprint density at radius 1 is 0.378 bits per heavy atom. The van der Waals surface area contributed by atoms with Crippen LogP contribution in [0.1, 0.15) is 206 Å². The van der Waals surface area contributed by atoms with Gasteiger partial charge >= 0.3 is 19.8 Å². The summed E-state index contributed by atoms with van der Waals surface area (Å²) < 4.78 is 34.5. The molecule has 2 unspecified atom stereocenters. The summed E-state index contributed by atoms with van der Waals surface area (Å²) in [6, 6.07) is 0.